The van der Waals surface area contributed by atoms with Gasteiger partial charge in [-0.1, -0.05) is 6.07 Å². The van der Waals surface area contributed by atoms with Crippen LogP contribution in [0.3, 0.4) is 0 Å². The smallest absolute Gasteiger partial charge is 0.157 e. The lowest BCUT2D eigenvalue weighted by Gasteiger charge is -2.19. The number of hydrogen-bond acceptors (Lipinski definition) is 6. The number of nitrogens with zero attached hydrogens (tertiary/aromatic N) is 3. The van der Waals surface area contributed by atoms with Crippen molar-refractivity contribution in [3.63, 3.8) is 0 Å². The van der Waals surface area contributed by atoms with Crippen molar-refractivity contribution in [2.24, 2.45) is 0 Å². The molecule has 3 aromatic rings. The van der Waals surface area contributed by atoms with E-state index >= 15 is 0 Å². The Bertz CT molecular complexity index is 999. The van der Waals surface area contributed by atoms with Crippen molar-refractivity contribution >= 4 is 17.3 Å². The van der Waals surface area contributed by atoms with Gasteiger partial charge in [0, 0.05) is 24.2 Å². The van der Waals surface area contributed by atoms with Crippen molar-refractivity contribution in [3.05, 3.63) is 60.4 Å². The Morgan fingerprint density at radius 3 is 2.74 bits per heavy atom. The SMILES string of the molecule is CN(c1ccc(Oc2cccc3c2C2(CC2)CO3)cn1)c1ncccc1N. The van der Waals surface area contributed by atoms with E-state index in [0.717, 1.165) is 36.8 Å². The largest absolute Gasteiger partial charge is 0.492 e. The van der Waals surface area contributed by atoms with Gasteiger partial charge in [-0.05, 0) is 49.2 Å². The minimum absolute atomic E-state index is 0.163. The first-order valence-electron chi connectivity index (χ1n) is 9.01. The maximum absolute atomic E-state index is 6.16. The minimum Gasteiger partial charge on any atom is -0.492 e. The molecule has 0 atom stereocenters. The van der Waals surface area contributed by atoms with Crippen LogP contribution < -0.4 is 20.1 Å². The lowest BCUT2D eigenvalue weighted by Crippen LogP contribution is -2.14. The fourth-order valence-electron chi connectivity index (χ4n) is 3.63. The van der Waals surface area contributed by atoms with Gasteiger partial charge in [-0.15, -0.1) is 0 Å². The highest BCUT2D eigenvalue weighted by atomic mass is 16.5. The van der Waals surface area contributed by atoms with Crippen molar-refractivity contribution in [1.29, 1.82) is 0 Å². The van der Waals surface area contributed by atoms with Crippen LogP contribution in [-0.2, 0) is 5.41 Å². The van der Waals surface area contributed by atoms with Crippen LogP contribution in [0.5, 0.6) is 17.2 Å². The third-order valence-corrected chi connectivity index (χ3v) is 5.30. The third-order valence-electron chi connectivity index (χ3n) is 5.30. The maximum atomic E-state index is 6.16. The van der Waals surface area contributed by atoms with Crippen LogP contribution in [0.4, 0.5) is 17.3 Å². The molecule has 0 radical (unpaired) electrons. The number of hydrogen-bond donors (Lipinski definition) is 1. The Kier molecular flexibility index (Phi) is 3.47. The summed E-state index contributed by atoms with van der Waals surface area (Å²) >= 11 is 0. The standard InChI is InChI=1S/C21H20N4O2/c1-25(20-15(22)4-3-11-23-20)18-8-7-14(12-24-18)27-17-6-2-5-16-19(17)21(9-10-21)13-26-16/h2-8,11-12H,9-10,13,22H2,1H3. The van der Waals surface area contributed by atoms with Gasteiger partial charge < -0.3 is 20.1 Å². The van der Waals surface area contributed by atoms with Gasteiger partial charge in [-0.3, -0.25) is 0 Å². The zero-order valence-corrected chi connectivity index (χ0v) is 15.1. The van der Waals surface area contributed by atoms with Crippen molar-refractivity contribution in [1.82, 2.24) is 9.97 Å². The van der Waals surface area contributed by atoms with Crippen LogP contribution in [0.15, 0.2) is 54.9 Å². The molecule has 2 N–H and O–H groups in total. The fourth-order valence-corrected chi connectivity index (χ4v) is 3.63. The highest BCUT2D eigenvalue weighted by molar-refractivity contribution is 5.68. The van der Waals surface area contributed by atoms with E-state index in [2.05, 4.69) is 9.97 Å². The molecule has 6 nitrogen and oxygen atoms in total. The Morgan fingerprint density at radius 2 is 2.00 bits per heavy atom. The van der Waals surface area contributed by atoms with Crippen molar-refractivity contribution in [2.45, 2.75) is 18.3 Å². The minimum atomic E-state index is 0.163. The van der Waals surface area contributed by atoms with E-state index in [1.54, 1.807) is 12.4 Å². The van der Waals surface area contributed by atoms with E-state index < -0.39 is 0 Å². The second-order valence-electron chi connectivity index (χ2n) is 7.13. The molecule has 1 aliphatic heterocycles. The predicted molar refractivity (Wildman–Crippen MR) is 104 cm³/mol. The number of aromatic nitrogens is 2. The zero-order valence-electron chi connectivity index (χ0n) is 15.1. The summed E-state index contributed by atoms with van der Waals surface area (Å²) in [5.41, 5.74) is 7.98. The molecule has 1 saturated carbocycles. The van der Waals surface area contributed by atoms with Gasteiger partial charge in [-0.25, -0.2) is 9.97 Å². The fraction of sp³-hybridized carbons (Fsp3) is 0.238. The first kappa shape index (κ1) is 15.9. The molecule has 6 heteroatoms. The van der Waals surface area contributed by atoms with Gasteiger partial charge in [0.25, 0.3) is 0 Å². The molecule has 1 aromatic carbocycles. The zero-order chi connectivity index (χ0) is 18.4. The van der Waals surface area contributed by atoms with Gasteiger partial charge in [0.1, 0.15) is 23.1 Å². The molecule has 0 amide bonds. The maximum Gasteiger partial charge on any atom is 0.157 e. The van der Waals surface area contributed by atoms with E-state index in [4.69, 9.17) is 15.2 Å². The first-order chi connectivity index (χ1) is 13.2. The predicted octanol–water partition coefficient (Wildman–Crippen LogP) is 4.04. The second kappa shape index (κ2) is 5.87. The number of anilines is 3. The number of nitrogens with two attached hydrogens (primary N) is 1. The molecular formula is C21H20N4O2. The van der Waals surface area contributed by atoms with Crippen LogP contribution in [0.2, 0.25) is 0 Å². The summed E-state index contributed by atoms with van der Waals surface area (Å²) in [6, 6.07) is 13.4. The summed E-state index contributed by atoms with van der Waals surface area (Å²) < 4.78 is 12.0. The van der Waals surface area contributed by atoms with Crippen LogP contribution in [0.25, 0.3) is 0 Å². The molecule has 1 fully saturated rings. The Labute approximate surface area is 157 Å². The molecule has 1 aliphatic carbocycles. The van der Waals surface area contributed by atoms with Crippen LogP contribution in [0.1, 0.15) is 18.4 Å². The van der Waals surface area contributed by atoms with E-state index in [-0.39, 0.29) is 5.41 Å². The summed E-state index contributed by atoms with van der Waals surface area (Å²) in [6.07, 6.45) is 5.76. The van der Waals surface area contributed by atoms with E-state index in [1.165, 1.54) is 5.56 Å². The van der Waals surface area contributed by atoms with Gasteiger partial charge >= 0.3 is 0 Å². The van der Waals surface area contributed by atoms with Crippen LogP contribution in [0, 0.1) is 0 Å². The lowest BCUT2D eigenvalue weighted by atomic mass is 9.97. The van der Waals surface area contributed by atoms with Crippen molar-refractivity contribution < 1.29 is 9.47 Å². The normalized spacial score (nSPS) is 15.9. The molecule has 1 spiro atoms. The highest BCUT2D eigenvalue weighted by Gasteiger charge is 2.52. The molecule has 2 aromatic heterocycles. The number of rotatable bonds is 4. The molecular weight excluding hydrogens is 340 g/mol. The van der Waals surface area contributed by atoms with Gasteiger partial charge in [0.15, 0.2) is 5.82 Å². The van der Waals surface area contributed by atoms with E-state index in [0.29, 0.717) is 17.3 Å². The lowest BCUT2D eigenvalue weighted by molar-refractivity contribution is 0.323. The summed E-state index contributed by atoms with van der Waals surface area (Å²) in [4.78, 5) is 10.7. The quantitative estimate of drug-likeness (QED) is 0.757. The van der Waals surface area contributed by atoms with Crippen molar-refractivity contribution in [2.75, 3.05) is 24.3 Å². The van der Waals surface area contributed by atoms with Crippen LogP contribution in [-0.4, -0.2) is 23.6 Å². The molecule has 2 aliphatic rings. The summed E-state index contributed by atoms with van der Waals surface area (Å²) in [6.45, 7) is 0.760. The second-order valence-corrected chi connectivity index (χ2v) is 7.13. The topological polar surface area (TPSA) is 73.5 Å². The van der Waals surface area contributed by atoms with Gasteiger partial charge in [-0.2, -0.15) is 0 Å². The monoisotopic (exact) mass is 360 g/mol. The number of pyridine rings is 2. The summed E-state index contributed by atoms with van der Waals surface area (Å²) in [5, 5.41) is 0. The third kappa shape index (κ3) is 2.65. The van der Waals surface area contributed by atoms with E-state index in [1.807, 2.05) is 54.4 Å². The Hall–Kier alpha value is -3.28. The van der Waals surface area contributed by atoms with Gasteiger partial charge in [0.05, 0.1) is 18.5 Å². The first-order valence-corrected chi connectivity index (χ1v) is 9.01. The molecule has 0 bridgehead atoms. The number of ether oxygens (including phenoxy) is 2. The number of fused-ring (bicyclic) bond motifs is 2. The summed E-state index contributed by atoms with van der Waals surface area (Å²) in [7, 11) is 1.89. The molecule has 136 valence electrons. The molecule has 3 heterocycles. The van der Waals surface area contributed by atoms with E-state index in [9.17, 15) is 0 Å². The Morgan fingerprint density at radius 1 is 1.11 bits per heavy atom. The molecule has 0 unspecified atom stereocenters. The highest BCUT2D eigenvalue weighted by Crippen LogP contribution is 2.58. The van der Waals surface area contributed by atoms with Crippen LogP contribution >= 0.6 is 0 Å². The average molecular weight is 360 g/mol. The molecule has 27 heavy (non-hydrogen) atoms. The molecule has 0 saturated heterocycles. The number of benzene rings is 1. The number of nitrogen functional groups attached to an aromatic ring is 1. The Balaban J connectivity index is 1.40. The van der Waals surface area contributed by atoms with Gasteiger partial charge in [0.2, 0.25) is 0 Å². The summed E-state index contributed by atoms with van der Waals surface area (Å²) in [5.74, 6) is 3.91. The average Bonchev–Trinajstić information content (AvgIpc) is 3.37. The molecule has 5 rings (SSSR count). The van der Waals surface area contributed by atoms with Crippen molar-refractivity contribution in [3.8, 4) is 17.2 Å².